The second kappa shape index (κ2) is 6.87. The van der Waals surface area contributed by atoms with Crippen LogP contribution in [0.5, 0.6) is 0 Å². The predicted octanol–water partition coefficient (Wildman–Crippen LogP) is 3.30. The monoisotopic (exact) mass is 368 g/mol. The van der Waals surface area contributed by atoms with E-state index in [-0.39, 0.29) is 36.9 Å². The average Bonchev–Trinajstić information content (AvgIpc) is 3.18. The molecule has 1 atom stereocenters. The van der Waals surface area contributed by atoms with E-state index in [1.54, 1.807) is 16.8 Å². The molecule has 1 aliphatic rings. The zero-order valence-electron chi connectivity index (χ0n) is 13.0. The number of nitrogens with one attached hydrogen (secondary N) is 1. The van der Waals surface area contributed by atoms with Crippen molar-refractivity contribution < 1.29 is 22.8 Å². The summed E-state index contributed by atoms with van der Waals surface area (Å²) in [6, 6.07) is 6.48. The minimum atomic E-state index is -4.47. The van der Waals surface area contributed by atoms with E-state index < -0.39 is 17.8 Å². The summed E-state index contributed by atoms with van der Waals surface area (Å²) in [6.45, 7) is 0.0697. The van der Waals surface area contributed by atoms with E-state index >= 15 is 0 Å². The van der Waals surface area contributed by atoms with Crippen molar-refractivity contribution in [3.8, 4) is 0 Å². The molecule has 0 aliphatic carbocycles. The van der Waals surface area contributed by atoms with E-state index in [1.165, 1.54) is 34.4 Å². The van der Waals surface area contributed by atoms with E-state index in [2.05, 4.69) is 5.32 Å². The topological polar surface area (TPSA) is 49.4 Å². The van der Waals surface area contributed by atoms with E-state index in [0.717, 1.165) is 6.07 Å². The Bertz CT molecular complexity index is 774. The van der Waals surface area contributed by atoms with Crippen molar-refractivity contribution in [1.82, 2.24) is 10.2 Å². The van der Waals surface area contributed by atoms with Crippen molar-refractivity contribution in [2.75, 3.05) is 6.54 Å². The van der Waals surface area contributed by atoms with Crippen LogP contribution < -0.4 is 5.32 Å². The molecule has 0 saturated carbocycles. The number of benzene rings is 1. The summed E-state index contributed by atoms with van der Waals surface area (Å²) in [6.07, 6.45) is -4.38. The Morgan fingerprint density at radius 3 is 2.72 bits per heavy atom. The summed E-state index contributed by atoms with van der Waals surface area (Å²) in [7, 11) is 0. The van der Waals surface area contributed by atoms with Crippen molar-refractivity contribution in [2.45, 2.75) is 25.2 Å². The maximum absolute atomic E-state index is 13.1. The van der Waals surface area contributed by atoms with Crippen LogP contribution in [0.4, 0.5) is 13.2 Å². The molecule has 0 radical (unpaired) electrons. The average molecular weight is 368 g/mol. The van der Waals surface area contributed by atoms with Gasteiger partial charge in [-0.1, -0.05) is 18.2 Å². The highest BCUT2D eigenvalue weighted by molar-refractivity contribution is 7.08. The van der Waals surface area contributed by atoms with E-state index in [9.17, 15) is 22.8 Å². The Balaban J connectivity index is 1.67. The number of nitrogens with zero attached hydrogens (tertiary/aromatic N) is 1. The molecule has 8 heteroatoms. The molecule has 2 amide bonds. The lowest BCUT2D eigenvalue weighted by Crippen LogP contribution is -2.37. The summed E-state index contributed by atoms with van der Waals surface area (Å²) in [4.78, 5) is 25.5. The molecule has 0 bridgehead atoms. The van der Waals surface area contributed by atoms with Gasteiger partial charge in [0.2, 0.25) is 5.91 Å². The lowest BCUT2D eigenvalue weighted by molar-refractivity contribution is -0.139. The minimum absolute atomic E-state index is 0.0492. The number of thiophene rings is 1. The van der Waals surface area contributed by atoms with Gasteiger partial charge < -0.3 is 10.2 Å². The fourth-order valence-electron chi connectivity index (χ4n) is 2.82. The van der Waals surface area contributed by atoms with Gasteiger partial charge in [0.05, 0.1) is 11.6 Å². The Labute approximate surface area is 146 Å². The fourth-order valence-corrected chi connectivity index (χ4v) is 3.46. The van der Waals surface area contributed by atoms with Crippen LogP contribution in [0, 0.1) is 0 Å². The second-order valence-corrected chi connectivity index (χ2v) is 6.60. The molecule has 132 valence electrons. The first-order chi connectivity index (χ1) is 11.8. The van der Waals surface area contributed by atoms with Gasteiger partial charge in [0.25, 0.3) is 5.91 Å². The SMILES string of the molecule is O=C(N[C@@H]1CC(=O)N(Cc2ccccc2C(F)(F)F)C1)c1ccsc1. The number of halogens is 3. The largest absolute Gasteiger partial charge is 0.416 e. The van der Waals surface area contributed by atoms with Gasteiger partial charge in [-0.15, -0.1) is 0 Å². The summed E-state index contributed by atoms with van der Waals surface area (Å²) < 4.78 is 39.2. The number of rotatable bonds is 4. The molecule has 2 aromatic rings. The van der Waals surface area contributed by atoms with E-state index in [1.807, 2.05) is 0 Å². The maximum atomic E-state index is 13.1. The van der Waals surface area contributed by atoms with Crippen LogP contribution in [0.25, 0.3) is 0 Å². The first-order valence-corrected chi connectivity index (χ1v) is 8.55. The highest BCUT2D eigenvalue weighted by Gasteiger charge is 2.36. The van der Waals surface area contributed by atoms with Crippen LogP contribution in [0.3, 0.4) is 0 Å². The molecular formula is C17H15F3N2O2S. The number of hydrogen-bond acceptors (Lipinski definition) is 3. The molecule has 2 heterocycles. The van der Waals surface area contributed by atoms with Crippen LogP contribution in [-0.2, 0) is 17.5 Å². The zero-order chi connectivity index (χ0) is 18.0. The Kier molecular flexibility index (Phi) is 4.80. The predicted molar refractivity (Wildman–Crippen MR) is 87.1 cm³/mol. The van der Waals surface area contributed by atoms with Crippen molar-refractivity contribution in [2.24, 2.45) is 0 Å². The van der Waals surface area contributed by atoms with Crippen LogP contribution >= 0.6 is 11.3 Å². The van der Waals surface area contributed by atoms with Gasteiger partial charge in [-0.3, -0.25) is 9.59 Å². The summed E-state index contributed by atoms with van der Waals surface area (Å²) in [5.41, 5.74) is -0.181. The van der Waals surface area contributed by atoms with Crippen LogP contribution in [-0.4, -0.2) is 29.3 Å². The number of hydrogen-bond donors (Lipinski definition) is 1. The van der Waals surface area contributed by atoms with Gasteiger partial charge in [0.15, 0.2) is 0 Å². The Hall–Kier alpha value is -2.35. The van der Waals surface area contributed by atoms with Gasteiger partial charge in [-0.05, 0) is 23.1 Å². The normalized spacial score (nSPS) is 17.8. The molecule has 1 fully saturated rings. The maximum Gasteiger partial charge on any atom is 0.416 e. The molecular weight excluding hydrogens is 353 g/mol. The molecule has 1 aromatic heterocycles. The van der Waals surface area contributed by atoms with Crippen molar-refractivity contribution in [3.05, 3.63) is 57.8 Å². The molecule has 0 unspecified atom stereocenters. The van der Waals surface area contributed by atoms with Crippen molar-refractivity contribution in [3.63, 3.8) is 0 Å². The molecule has 3 rings (SSSR count). The van der Waals surface area contributed by atoms with Gasteiger partial charge in [0.1, 0.15) is 0 Å². The third-order valence-corrected chi connectivity index (χ3v) is 4.70. The smallest absolute Gasteiger partial charge is 0.347 e. The van der Waals surface area contributed by atoms with Crippen molar-refractivity contribution in [1.29, 1.82) is 0 Å². The number of amides is 2. The number of alkyl halides is 3. The first-order valence-electron chi connectivity index (χ1n) is 7.60. The molecule has 1 aromatic carbocycles. The van der Waals surface area contributed by atoms with Gasteiger partial charge in [-0.25, -0.2) is 0 Å². The summed E-state index contributed by atoms with van der Waals surface area (Å²) in [5.74, 6) is -0.552. The number of carbonyl (C=O) groups is 2. The van der Waals surface area contributed by atoms with Gasteiger partial charge >= 0.3 is 6.18 Å². The van der Waals surface area contributed by atoms with Crippen molar-refractivity contribution >= 4 is 23.2 Å². The number of likely N-dealkylation sites (tertiary alicyclic amines) is 1. The molecule has 4 nitrogen and oxygen atoms in total. The lowest BCUT2D eigenvalue weighted by atomic mass is 10.1. The highest BCUT2D eigenvalue weighted by Crippen LogP contribution is 2.32. The van der Waals surface area contributed by atoms with Crippen LogP contribution in [0.2, 0.25) is 0 Å². The third-order valence-electron chi connectivity index (χ3n) is 4.02. The Morgan fingerprint density at radius 1 is 1.28 bits per heavy atom. The third kappa shape index (κ3) is 4.01. The second-order valence-electron chi connectivity index (χ2n) is 5.82. The summed E-state index contributed by atoms with van der Waals surface area (Å²) >= 11 is 1.39. The Morgan fingerprint density at radius 2 is 2.04 bits per heavy atom. The van der Waals surface area contributed by atoms with E-state index in [0.29, 0.717) is 5.56 Å². The quantitative estimate of drug-likeness (QED) is 0.900. The van der Waals surface area contributed by atoms with E-state index in [4.69, 9.17) is 0 Å². The minimum Gasteiger partial charge on any atom is -0.347 e. The van der Waals surface area contributed by atoms with Crippen LogP contribution in [0.15, 0.2) is 41.1 Å². The molecule has 25 heavy (non-hydrogen) atoms. The molecule has 1 saturated heterocycles. The zero-order valence-corrected chi connectivity index (χ0v) is 13.9. The molecule has 0 spiro atoms. The fraction of sp³-hybridized carbons (Fsp3) is 0.294. The van der Waals surface area contributed by atoms with Crippen LogP contribution in [0.1, 0.15) is 27.9 Å². The van der Waals surface area contributed by atoms with Gasteiger partial charge in [0, 0.05) is 30.5 Å². The highest BCUT2D eigenvalue weighted by atomic mass is 32.1. The summed E-state index contributed by atoms with van der Waals surface area (Å²) in [5, 5.41) is 6.23. The lowest BCUT2D eigenvalue weighted by Gasteiger charge is -2.20. The molecule has 1 N–H and O–H groups in total. The first kappa shape index (κ1) is 17.5. The number of carbonyl (C=O) groups excluding carboxylic acids is 2. The molecule has 1 aliphatic heterocycles. The van der Waals surface area contributed by atoms with Gasteiger partial charge in [-0.2, -0.15) is 24.5 Å². The standard InChI is InChI=1S/C17H15F3N2O2S/c18-17(19,20)14-4-2-1-3-11(14)8-22-9-13(7-15(22)23)21-16(24)12-5-6-25-10-12/h1-6,10,13H,7-9H2,(H,21,24)/t13-/m1/s1.